The van der Waals surface area contributed by atoms with Crippen LogP contribution in [0.5, 0.6) is 11.5 Å². The molecule has 186 valence electrons. The SMILES string of the molecule is COc1ccc(CNC(=O)C(Cc2ccccc2)NS(=O)(=O)c2c(C)cc(C)cc2C)cc1OC. The van der Waals surface area contributed by atoms with Crippen LogP contribution in [0.25, 0.3) is 0 Å². The molecular formula is C27H32N2O5S. The monoisotopic (exact) mass is 496 g/mol. The molecule has 0 aromatic heterocycles. The van der Waals surface area contributed by atoms with Gasteiger partial charge < -0.3 is 14.8 Å². The van der Waals surface area contributed by atoms with E-state index in [0.29, 0.717) is 22.6 Å². The molecule has 1 atom stereocenters. The minimum absolute atomic E-state index is 0.203. The molecule has 3 aromatic rings. The van der Waals surface area contributed by atoms with Gasteiger partial charge in [0.2, 0.25) is 15.9 Å². The van der Waals surface area contributed by atoms with E-state index in [1.165, 1.54) is 0 Å². The number of carbonyl (C=O) groups excluding carboxylic acids is 1. The van der Waals surface area contributed by atoms with Crippen molar-refractivity contribution in [2.45, 2.75) is 44.7 Å². The van der Waals surface area contributed by atoms with Gasteiger partial charge in [-0.05, 0) is 61.6 Å². The number of rotatable bonds is 10. The lowest BCUT2D eigenvalue weighted by atomic mass is 10.1. The number of methoxy groups -OCH3 is 2. The quantitative estimate of drug-likeness (QED) is 0.445. The van der Waals surface area contributed by atoms with Crippen LogP contribution in [0, 0.1) is 20.8 Å². The first-order valence-corrected chi connectivity index (χ1v) is 12.8. The lowest BCUT2D eigenvalue weighted by Crippen LogP contribution is -2.48. The second-order valence-electron chi connectivity index (χ2n) is 8.50. The topological polar surface area (TPSA) is 93.7 Å². The fourth-order valence-electron chi connectivity index (χ4n) is 4.18. The highest BCUT2D eigenvalue weighted by Crippen LogP contribution is 2.27. The van der Waals surface area contributed by atoms with Crippen molar-refractivity contribution in [3.05, 3.63) is 88.5 Å². The molecule has 0 bridgehead atoms. The first kappa shape index (κ1) is 26.2. The molecule has 0 radical (unpaired) electrons. The van der Waals surface area contributed by atoms with E-state index < -0.39 is 22.0 Å². The molecule has 3 aromatic carbocycles. The molecule has 0 aliphatic heterocycles. The second-order valence-corrected chi connectivity index (χ2v) is 10.1. The minimum atomic E-state index is -3.95. The van der Waals surface area contributed by atoms with Gasteiger partial charge in [0.1, 0.15) is 6.04 Å². The van der Waals surface area contributed by atoms with Crippen LogP contribution < -0.4 is 19.5 Å². The Morgan fingerprint density at radius 3 is 2.09 bits per heavy atom. The van der Waals surface area contributed by atoms with E-state index in [4.69, 9.17) is 9.47 Å². The van der Waals surface area contributed by atoms with Crippen LogP contribution >= 0.6 is 0 Å². The summed E-state index contributed by atoms with van der Waals surface area (Å²) in [4.78, 5) is 13.4. The van der Waals surface area contributed by atoms with Crippen molar-refractivity contribution in [1.29, 1.82) is 0 Å². The number of sulfonamides is 1. The van der Waals surface area contributed by atoms with Crippen LogP contribution in [-0.2, 0) is 27.8 Å². The number of carbonyl (C=O) groups is 1. The predicted molar refractivity (Wildman–Crippen MR) is 136 cm³/mol. The maximum atomic E-state index is 13.4. The average Bonchev–Trinajstić information content (AvgIpc) is 2.81. The van der Waals surface area contributed by atoms with Crippen molar-refractivity contribution < 1.29 is 22.7 Å². The van der Waals surface area contributed by atoms with Crippen LogP contribution in [0.4, 0.5) is 0 Å². The van der Waals surface area contributed by atoms with Gasteiger partial charge in [0.05, 0.1) is 19.1 Å². The van der Waals surface area contributed by atoms with Gasteiger partial charge in [-0.25, -0.2) is 8.42 Å². The van der Waals surface area contributed by atoms with Crippen molar-refractivity contribution >= 4 is 15.9 Å². The van der Waals surface area contributed by atoms with Gasteiger partial charge in [-0.3, -0.25) is 4.79 Å². The molecule has 0 spiro atoms. The normalized spacial score (nSPS) is 12.1. The highest BCUT2D eigenvalue weighted by Gasteiger charge is 2.28. The van der Waals surface area contributed by atoms with E-state index >= 15 is 0 Å². The first-order valence-electron chi connectivity index (χ1n) is 11.3. The summed E-state index contributed by atoms with van der Waals surface area (Å²) >= 11 is 0. The summed E-state index contributed by atoms with van der Waals surface area (Å²) in [6.07, 6.45) is 0.210. The lowest BCUT2D eigenvalue weighted by Gasteiger charge is -2.21. The van der Waals surface area contributed by atoms with Crippen molar-refractivity contribution in [1.82, 2.24) is 10.0 Å². The molecule has 7 nitrogen and oxygen atoms in total. The molecule has 35 heavy (non-hydrogen) atoms. The molecule has 2 N–H and O–H groups in total. The third kappa shape index (κ3) is 6.61. The molecule has 3 rings (SSSR count). The number of amides is 1. The van der Waals surface area contributed by atoms with Crippen LogP contribution in [0.2, 0.25) is 0 Å². The number of hydrogen-bond acceptors (Lipinski definition) is 5. The summed E-state index contributed by atoms with van der Waals surface area (Å²) in [6.45, 7) is 5.65. The molecule has 1 unspecified atom stereocenters. The van der Waals surface area contributed by atoms with E-state index in [2.05, 4.69) is 10.0 Å². The zero-order chi connectivity index (χ0) is 25.6. The molecule has 0 heterocycles. The van der Waals surface area contributed by atoms with Crippen LogP contribution in [0.15, 0.2) is 65.6 Å². The van der Waals surface area contributed by atoms with E-state index in [9.17, 15) is 13.2 Å². The fraction of sp³-hybridized carbons (Fsp3) is 0.296. The van der Waals surface area contributed by atoms with Crippen molar-refractivity contribution in [2.75, 3.05) is 14.2 Å². The Kier molecular flexibility index (Phi) is 8.53. The first-order chi connectivity index (χ1) is 16.6. The predicted octanol–water partition coefficient (Wildman–Crippen LogP) is 3.84. The molecule has 0 aliphatic carbocycles. The minimum Gasteiger partial charge on any atom is -0.493 e. The van der Waals surface area contributed by atoms with Crippen molar-refractivity contribution in [3.63, 3.8) is 0 Å². The number of nitrogens with one attached hydrogen (secondary N) is 2. The lowest BCUT2D eigenvalue weighted by molar-refractivity contribution is -0.122. The Morgan fingerprint density at radius 2 is 1.49 bits per heavy atom. The Hall–Kier alpha value is -3.36. The van der Waals surface area contributed by atoms with Crippen LogP contribution in [0.1, 0.15) is 27.8 Å². The maximum absolute atomic E-state index is 13.4. The van der Waals surface area contributed by atoms with E-state index in [1.54, 1.807) is 40.2 Å². The molecule has 0 saturated heterocycles. The number of ether oxygens (including phenoxy) is 2. The number of hydrogen-bond donors (Lipinski definition) is 2. The van der Waals surface area contributed by atoms with E-state index in [0.717, 1.165) is 16.7 Å². The van der Waals surface area contributed by atoms with E-state index in [-0.39, 0.29) is 17.9 Å². The summed E-state index contributed by atoms with van der Waals surface area (Å²) in [5.41, 5.74) is 3.90. The zero-order valence-corrected chi connectivity index (χ0v) is 21.5. The summed E-state index contributed by atoms with van der Waals surface area (Å²) in [6, 6.07) is 17.3. The molecule has 8 heteroatoms. The Balaban J connectivity index is 1.85. The van der Waals surface area contributed by atoms with E-state index in [1.807, 2.05) is 55.5 Å². The van der Waals surface area contributed by atoms with Crippen molar-refractivity contribution in [2.24, 2.45) is 0 Å². The molecule has 0 fully saturated rings. The maximum Gasteiger partial charge on any atom is 0.241 e. The van der Waals surface area contributed by atoms with Gasteiger partial charge in [-0.15, -0.1) is 0 Å². The second kappa shape index (κ2) is 11.4. The largest absolute Gasteiger partial charge is 0.493 e. The smallest absolute Gasteiger partial charge is 0.241 e. The standard InChI is InChI=1S/C27H32N2O5S/c1-18-13-19(2)26(20(3)14-18)35(31,32)29-23(15-21-9-7-6-8-10-21)27(30)28-17-22-11-12-24(33-4)25(16-22)34-5/h6-14,16,23,29H,15,17H2,1-5H3,(H,28,30). The highest BCUT2D eigenvalue weighted by molar-refractivity contribution is 7.89. The Morgan fingerprint density at radius 1 is 0.857 bits per heavy atom. The number of benzene rings is 3. The fourth-order valence-corrected chi connectivity index (χ4v) is 5.83. The van der Waals surface area contributed by atoms with Crippen LogP contribution in [0.3, 0.4) is 0 Å². The number of aryl methyl sites for hydroxylation is 3. The van der Waals surface area contributed by atoms with Gasteiger partial charge in [0, 0.05) is 6.54 Å². The Labute approximate surface area is 207 Å². The van der Waals surface area contributed by atoms with Gasteiger partial charge in [0.25, 0.3) is 0 Å². The summed E-state index contributed by atoms with van der Waals surface area (Å²) in [5.74, 6) is 0.710. The Bertz CT molecular complexity index is 1270. The summed E-state index contributed by atoms with van der Waals surface area (Å²) < 4.78 is 40.0. The molecule has 0 saturated carbocycles. The summed E-state index contributed by atoms with van der Waals surface area (Å²) in [7, 11) is -0.858. The molecule has 1 amide bonds. The van der Waals surface area contributed by atoms with Gasteiger partial charge in [-0.2, -0.15) is 4.72 Å². The zero-order valence-electron chi connectivity index (χ0n) is 20.7. The summed E-state index contributed by atoms with van der Waals surface area (Å²) in [5, 5.41) is 2.86. The molecule has 0 aliphatic rings. The van der Waals surface area contributed by atoms with Gasteiger partial charge >= 0.3 is 0 Å². The van der Waals surface area contributed by atoms with Gasteiger partial charge in [0.15, 0.2) is 11.5 Å². The van der Waals surface area contributed by atoms with Crippen molar-refractivity contribution in [3.8, 4) is 11.5 Å². The van der Waals surface area contributed by atoms with Crippen LogP contribution in [-0.4, -0.2) is 34.6 Å². The molecular weight excluding hydrogens is 464 g/mol. The highest BCUT2D eigenvalue weighted by atomic mass is 32.2. The average molecular weight is 497 g/mol. The third-order valence-corrected chi connectivity index (χ3v) is 7.46. The van der Waals surface area contributed by atoms with Gasteiger partial charge in [-0.1, -0.05) is 54.1 Å². The third-order valence-electron chi connectivity index (χ3n) is 5.68.